The van der Waals surface area contributed by atoms with E-state index < -0.39 is 0 Å². The lowest BCUT2D eigenvalue weighted by Gasteiger charge is -2.54. The number of piperazine rings is 1. The molecule has 0 aromatic carbocycles. The Morgan fingerprint density at radius 1 is 1.05 bits per heavy atom. The van der Waals surface area contributed by atoms with E-state index in [-0.39, 0.29) is 0 Å². The first-order chi connectivity index (χ1) is 10.2. The van der Waals surface area contributed by atoms with Crippen LogP contribution in [-0.2, 0) is 0 Å². The SMILES string of the molecule is CCC1CNC2(CCCCC2)CN1C1CCCC(C)C1C. The molecule has 0 aromatic rings. The summed E-state index contributed by atoms with van der Waals surface area (Å²) in [7, 11) is 0. The molecule has 1 aliphatic heterocycles. The molecule has 3 rings (SSSR count). The molecule has 0 bridgehead atoms. The fourth-order valence-electron chi connectivity index (χ4n) is 5.34. The summed E-state index contributed by atoms with van der Waals surface area (Å²) in [5.41, 5.74) is 0.463. The van der Waals surface area contributed by atoms with Crippen LogP contribution >= 0.6 is 0 Å². The molecule has 1 saturated heterocycles. The van der Waals surface area contributed by atoms with Gasteiger partial charge in [0.05, 0.1) is 0 Å². The van der Waals surface area contributed by atoms with Crippen molar-refractivity contribution < 1.29 is 0 Å². The second kappa shape index (κ2) is 6.58. The topological polar surface area (TPSA) is 15.3 Å². The predicted octanol–water partition coefficient (Wildman–Crippen LogP) is 4.20. The smallest absolute Gasteiger partial charge is 0.0309 e. The Balaban J connectivity index is 1.75. The zero-order chi connectivity index (χ0) is 14.9. The third-order valence-electron chi connectivity index (χ3n) is 7.04. The second-order valence-corrected chi connectivity index (χ2v) is 8.29. The van der Waals surface area contributed by atoms with Crippen LogP contribution in [0.1, 0.15) is 78.6 Å². The Hall–Kier alpha value is -0.0800. The fraction of sp³-hybridized carbons (Fsp3) is 1.00. The molecule has 0 aromatic heterocycles. The quantitative estimate of drug-likeness (QED) is 0.820. The molecular formula is C19H36N2. The van der Waals surface area contributed by atoms with Crippen molar-refractivity contribution in [1.29, 1.82) is 0 Å². The lowest BCUT2D eigenvalue weighted by molar-refractivity contribution is -0.0177. The molecule has 1 N–H and O–H groups in total. The summed E-state index contributed by atoms with van der Waals surface area (Å²) in [4.78, 5) is 2.96. The number of nitrogens with one attached hydrogen (secondary N) is 1. The Morgan fingerprint density at radius 3 is 2.52 bits per heavy atom. The number of hydrogen-bond donors (Lipinski definition) is 1. The maximum Gasteiger partial charge on any atom is 0.0309 e. The average Bonchev–Trinajstić information content (AvgIpc) is 2.51. The highest BCUT2D eigenvalue weighted by Gasteiger charge is 2.43. The molecule has 122 valence electrons. The normalized spacial score (nSPS) is 41.3. The van der Waals surface area contributed by atoms with E-state index in [0.29, 0.717) is 5.54 Å². The van der Waals surface area contributed by atoms with Crippen molar-refractivity contribution in [2.24, 2.45) is 11.8 Å². The van der Waals surface area contributed by atoms with Crippen LogP contribution in [0.2, 0.25) is 0 Å². The van der Waals surface area contributed by atoms with E-state index in [0.717, 1.165) is 23.9 Å². The fourth-order valence-corrected chi connectivity index (χ4v) is 5.34. The van der Waals surface area contributed by atoms with E-state index in [4.69, 9.17) is 0 Å². The number of nitrogens with zero attached hydrogens (tertiary/aromatic N) is 1. The van der Waals surface area contributed by atoms with Gasteiger partial charge >= 0.3 is 0 Å². The van der Waals surface area contributed by atoms with Gasteiger partial charge in [-0.05, 0) is 37.5 Å². The van der Waals surface area contributed by atoms with Gasteiger partial charge in [0, 0.05) is 30.7 Å². The van der Waals surface area contributed by atoms with Gasteiger partial charge in [0.15, 0.2) is 0 Å². The largest absolute Gasteiger partial charge is 0.308 e. The monoisotopic (exact) mass is 292 g/mol. The highest BCUT2D eigenvalue weighted by Crippen LogP contribution is 2.38. The number of hydrogen-bond acceptors (Lipinski definition) is 2. The molecular weight excluding hydrogens is 256 g/mol. The molecule has 21 heavy (non-hydrogen) atoms. The minimum atomic E-state index is 0.463. The molecule has 2 saturated carbocycles. The van der Waals surface area contributed by atoms with Crippen LogP contribution in [0.3, 0.4) is 0 Å². The Morgan fingerprint density at radius 2 is 1.81 bits per heavy atom. The van der Waals surface area contributed by atoms with Crippen LogP contribution in [0.25, 0.3) is 0 Å². The molecule has 0 radical (unpaired) electrons. The lowest BCUT2D eigenvalue weighted by atomic mass is 9.74. The molecule has 1 spiro atoms. The maximum atomic E-state index is 3.99. The van der Waals surface area contributed by atoms with E-state index in [1.165, 1.54) is 70.9 Å². The number of rotatable bonds is 2. The van der Waals surface area contributed by atoms with Gasteiger partial charge in [0.2, 0.25) is 0 Å². The van der Waals surface area contributed by atoms with E-state index >= 15 is 0 Å². The zero-order valence-corrected chi connectivity index (χ0v) is 14.5. The summed E-state index contributed by atoms with van der Waals surface area (Å²) < 4.78 is 0. The van der Waals surface area contributed by atoms with E-state index in [1.807, 2.05) is 0 Å². The summed E-state index contributed by atoms with van der Waals surface area (Å²) in [6, 6.07) is 1.62. The van der Waals surface area contributed by atoms with Crippen LogP contribution in [-0.4, -0.2) is 35.6 Å². The van der Waals surface area contributed by atoms with E-state index in [2.05, 4.69) is 31.0 Å². The molecule has 3 aliphatic rings. The van der Waals surface area contributed by atoms with Crippen molar-refractivity contribution in [1.82, 2.24) is 10.2 Å². The van der Waals surface area contributed by atoms with Gasteiger partial charge in [-0.1, -0.05) is 52.9 Å². The van der Waals surface area contributed by atoms with Crippen LogP contribution in [0, 0.1) is 11.8 Å². The van der Waals surface area contributed by atoms with Crippen LogP contribution < -0.4 is 5.32 Å². The van der Waals surface area contributed by atoms with Gasteiger partial charge in [-0.25, -0.2) is 0 Å². The standard InChI is InChI=1S/C19H36N2/c1-4-17-13-20-19(11-6-5-7-12-19)14-21(17)18-10-8-9-15(2)16(18)3/h15-18,20H,4-14H2,1-3H3. The van der Waals surface area contributed by atoms with Gasteiger partial charge in [0.25, 0.3) is 0 Å². The Labute approximate surface area is 132 Å². The molecule has 3 fully saturated rings. The molecule has 4 unspecified atom stereocenters. The predicted molar refractivity (Wildman–Crippen MR) is 90.6 cm³/mol. The van der Waals surface area contributed by atoms with Gasteiger partial charge in [-0.3, -0.25) is 4.90 Å². The van der Waals surface area contributed by atoms with Gasteiger partial charge in [0.1, 0.15) is 0 Å². The average molecular weight is 293 g/mol. The summed E-state index contributed by atoms with van der Waals surface area (Å²) in [6.45, 7) is 9.95. The summed E-state index contributed by atoms with van der Waals surface area (Å²) in [5, 5.41) is 3.99. The van der Waals surface area contributed by atoms with Crippen LogP contribution in [0.5, 0.6) is 0 Å². The van der Waals surface area contributed by atoms with Gasteiger partial charge < -0.3 is 5.32 Å². The highest BCUT2D eigenvalue weighted by molar-refractivity contribution is 5.02. The molecule has 4 atom stereocenters. The molecule has 2 heteroatoms. The Bertz CT molecular complexity index is 334. The summed E-state index contributed by atoms with van der Waals surface area (Å²) >= 11 is 0. The minimum Gasteiger partial charge on any atom is -0.308 e. The first kappa shape index (κ1) is 15.8. The zero-order valence-electron chi connectivity index (χ0n) is 14.5. The third kappa shape index (κ3) is 3.17. The van der Waals surface area contributed by atoms with Crippen molar-refractivity contribution in [3.63, 3.8) is 0 Å². The molecule has 2 nitrogen and oxygen atoms in total. The third-order valence-corrected chi connectivity index (χ3v) is 7.04. The summed E-state index contributed by atoms with van der Waals surface area (Å²) in [5.74, 6) is 1.80. The minimum absolute atomic E-state index is 0.463. The van der Waals surface area contributed by atoms with Crippen molar-refractivity contribution in [3.8, 4) is 0 Å². The first-order valence-corrected chi connectivity index (χ1v) is 9.66. The lowest BCUT2D eigenvalue weighted by Crippen LogP contribution is -2.67. The second-order valence-electron chi connectivity index (χ2n) is 8.29. The van der Waals surface area contributed by atoms with E-state index in [1.54, 1.807) is 0 Å². The maximum absolute atomic E-state index is 3.99. The van der Waals surface area contributed by atoms with Crippen molar-refractivity contribution in [2.45, 2.75) is 96.2 Å². The van der Waals surface area contributed by atoms with Gasteiger partial charge in [-0.15, -0.1) is 0 Å². The molecule has 2 aliphatic carbocycles. The van der Waals surface area contributed by atoms with Crippen molar-refractivity contribution >= 4 is 0 Å². The van der Waals surface area contributed by atoms with E-state index in [9.17, 15) is 0 Å². The Kier molecular flexibility index (Phi) is 4.95. The molecule has 1 heterocycles. The van der Waals surface area contributed by atoms with Gasteiger partial charge in [-0.2, -0.15) is 0 Å². The summed E-state index contributed by atoms with van der Waals surface area (Å²) in [6.07, 6.45) is 12.8. The first-order valence-electron chi connectivity index (χ1n) is 9.66. The van der Waals surface area contributed by atoms with Crippen molar-refractivity contribution in [3.05, 3.63) is 0 Å². The van der Waals surface area contributed by atoms with Crippen LogP contribution in [0.15, 0.2) is 0 Å². The molecule has 0 amide bonds. The highest BCUT2D eigenvalue weighted by atomic mass is 15.3. The van der Waals surface area contributed by atoms with Crippen LogP contribution in [0.4, 0.5) is 0 Å². The van der Waals surface area contributed by atoms with Crippen molar-refractivity contribution in [2.75, 3.05) is 13.1 Å².